The number of rotatable bonds is 1. The normalized spacial score (nSPS) is 13.0. The predicted molar refractivity (Wildman–Crippen MR) is 97.0 cm³/mol. The zero-order valence-electron chi connectivity index (χ0n) is 13.1. The number of phenols is 4. The highest BCUT2D eigenvalue weighted by molar-refractivity contribution is 6.42. The van der Waals surface area contributed by atoms with Crippen LogP contribution in [0.4, 0.5) is 0 Å². The molecule has 1 aliphatic rings. The zero-order chi connectivity index (χ0) is 18.6. The van der Waals surface area contributed by atoms with Crippen molar-refractivity contribution in [1.29, 1.82) is 0 Å². The Balaban J connectivity index is 2.05. The summed E-state index contributed by atoms with van der Waals surface area (Å²) >= 11 is 12.6. The molecule has 0 fully saturated rings. The molecular weight excluding hydrogens is 379 g/mol. The van der Waals surface area contributed by atoms with Crippen molar-refractivity contribution >= 4 is 23.2 Å². The molecule has 0 radical (unpaired) electrons. The maximum atomic E-state index is 9.96. The molecule has 1 heterocycles. The fourth-order valence-corrected chi connectivity index (χ4v) is 3.56. The lowest BCUT2D eigenvalue weighted by Crippen LogP contribution is -2.12. The second-order valence-electron chi connectivity index (χ2n) is 5.94. The summed E-state index contributed by atoms with van der Waals surface area (Å²) in [6, 6.07) is 10.5. The highest BCUT2D eigenvalue weighted by atomic mass is 35.5. The highest BCUT2D eigenvalue weighted by Crippen LogP contribution is 2.53. The summed E-state index contributed by atoms with van der Waals surface area (Å²) in [6.07, 6.45) is 0. The van der Waals surface area contributed by atoms with E-state index in [1.807, 2.05) is 0 Å². The summed E-state index contributed by atoms with van der Waals surface area (Å²) in [5.41, 5.74) is 1.68. The second-order valence-corrected chi connectivity index (χ2v) is 6.72. The van der Waals surface area contributed by atoms with Crippen LogP contribution >= 0.6 is 23.2 Å². The first-order valence-corrected chi connectivity index (χ1v) is 8.36. The summed E-state index contributed by atoms with van der Waals surface area (Å²) in [4.78, 5) is 0. The van der Waals surface area contributed by atoms with E-state index < -0.39 is 5.92 Å². The Morgan fingerprint density at radius 3 is 1.73 bits per heavy atom. The number of hydrogen-bond donors (Lipinski definition) is 4. The molecule has 0 saturated carbocycles. The van der Waals surface area contributed by atoms with Gasteiger partial charge < -0.3 is 25.2 Å². The summed E-state index contributed by atoms with van der Waals surface area (Å²) in [7, 11) is 0. The molecule has 0 unspecified atom stereocenters. The third-order valence-corrected chi connectivity index (χ3v) is 5.18. The number of fused-ring (bicyclic) bond motifs is 2. The third kappa shape index (κ3) is 2.48. The first-order chi connectivity index (χ1) is 12.4. The fraction of sp³-hybridized carbons (Fsp3) is 0.0526. The Morgan fingerprint density at radius 2 is 1.19 bits per heavy atom. The van der Waals surface area contributed by atoms with Crippen molar-refractivity contribution in [3.8, 4) is 34.5 Å². The maximum absolute atomic E-state index is 9.96. The van der Waals surface area contributed by atoms with Crippen LogP contribution in [0.3, 0.4) is 0 Å². The summed E-state index contributed by atoms with van der Waals surface area (Å²) in [5.74, 6) is -1.28. The number of phenolic OH excluding ortho intramolecular Hbond substituents is 4. The van der Waals surface area contributed by atoms with E-state index >= 15 is 0 Å². The van der Waals surface area contributed by atoms with Gasteiger partial charge in [0.15, 0.2) is 23.0 Å². The van der Waals surface area contributed by atoms with Crippen LogP contribution in [-0.2, 0) is 0 Å². The van der Waals surface area contributed by atoms with Gasteiger partial charge in [-0.2, -0.15) is 0 Å². The summed E-state index contributed by atoms with van der Waals surface area (Å²) < 4.78 is 5.75. The first kappa shape index (κ1) is 16.7. The number of hydrogen-bond acceptors (Lipinski definition) is 5. The van der Waals surface area contributed by atoms with Gasteiger partial charge in [0.25, 0.3) is 0 Å². The molecule has 0 aliphatic carbocycles. The molecule has 132 valence electrons. The lowest BCUT2D eigenvalue weighted by molar-refractivity contribution is 0.384. The smallest absolute Gasteiger partial charge is 0.161 e. The van der Waals surface area contributed by atoms with Crippen LogP contribution in [0.15, 0.2) is 42.5 Å². The molecule has 1 aliphatic heterocycles. The van der Waals surface area contributed by atoms with Crippen molar-refractivity contribution in [2.75, 3.05) is 0 Å². The van der Waals surface area contributed by atoms with Gasteiger partial charge in [-0.15, -0.1) is 0 Å². The predicted octanol–water partition coefficient (Wildman–Crippen LogP) is 5.10. The third-order valence-electron chi connectivity index (χ3n) is 4.35. The molecule has 0 saturated heterocycles. The van der Waals surface area contributed by atoms with Crippen LogP contribution in [0.1, 0.15) is 22.6 Å². The number of aromatic hydroxyl groups is 4. The van der Waals surface area contributed by atoms with Gasteiger partial charge in [0.05, 0.1) is 10.0 Å². The molecule has 0 spiro atoms. The Hall–Kier alpha value is -2.76. The van der Waals surface area contributed by atoms with Crippen molar-refractivity contribution in [3.63, 3.8) is 0 Å². The van der Waals surface area contributed by atoms with E-state index in [9.17, 15) is 20.4 Å². The molecule has 0 aromatic heterocycles. The molecular formula is C19H12Cl2O5. The van der Waals surface area contributed by atoms with Gasteiger partial charge in [0, 0.05) is 29.2 Å². The van der Waals surface area contributed by atoms with Crippen LogP contribution in [0.2, 0.25) is 10.0 Å². The number of benzene rings is 3. The van der Waals surface area contributed by atoms with Crippen molar-refractivity contribution in [2.45, 2.75) is 5.92 Å². The molecule has 0 bridgehead atoms. The standard InChI is InChI=1S/C19H12Cl2O5/c20-11-3-1-2-8(19(11)21)18-9-4-12(22)14(24)6-16(9)26-17-7-15(25)13(23)5-10(17)18/h1-7,18,22-25H. The first-order valence-electron chi connectivity index (χ1n) is 7.60. The van der Waals surface area contributed by atoms with Gasteiger partial charge in [-0.3, -0.25) is 0 Å². The Morgan fingerprint density at radius 1 is 0.692 bits per heavy atom. The van der Waals surface area contributed by atoms with Crippen molar-refractivity contribution in [3.05, 3.63) is 69.2 Å². The monoisotopic (exact) mass is 390 g/mol. The van der Waals surface area contributed by atoms with E-state index in [0.717, 1.165) is 0 Å². The van der Waals surface area contributed by atoms with Gasteiger partial charge >= 0.3 is 0 Å². The molecule has 0 atom stereocenters. The summed E-state index contributed by atoms with van der Waals surface area (Å²) in [6.45, 7) is 0. The van der Waals surface area contributed by atoms with Gasteiger partial charge in [0.2, 0.25) is 0 Å². The zero-order valence-corrected chi connectivity index (χ0v) is 14.6. The van der Waals surface area contributed by atoms with E-state index in [4.69, 9.17) is 27.9 Å². The average molecular weight is 391 g/mol. The highest BCUT2D eigenvalue weighted by Gasteiger charge is 2.33. The van der Waals surface area contributed by atoms with Crippen molar-refractivity contribution < 1.29 is 25.2 Å². The maximum Gasteiger partial charge on any atom is 0.161 e. The minimum Gasteiger partial charge on any atom is -0.504 e. The van der Waals surface area contributed by atoms with Gasteiger partial charge in [-0.05, 0) is 23.8 Å². The minimum absolute atomic E-state index is 0.291. The van der Waals surface area contributed by atoms with E-state index in [1.165, 1.54) is 24.3 Å². The lowest BCUT2D eigenvalue weighted by Gasteiger charge is -2.30. The molecule has 3 aromatic carbocycles. The Bertz CT molecular complexity index is 991. The summed E-state index contributed by atoms with van der Waals surface area (Å²) in [5, 5.41) is 40.2. The molecule has 7 heteroatoms. The van der Waals surface area contributed by atoms with Crippen molar-refractivity contribution in [2.24, 2.45) is 0 Å². The van der Waals surface area contributed by atoms with E-state index in [1.54, 1.807) is 18.2 Å². The molecule has 4 N–H and O–H groups in total. The van der Waals surface area contributed by atoms with E-state index in [-0.39, 0.29) is 23.0 Å². The molecule has 5 nitrogen and oxygen atoms in total. The molecule has 3 aromatic rings. The van der Waals surface area contributed by atoms with Crippen LogP contribution in [-0.4, -0.2) is 20.4 Å². The largest absolute Gasteiger partial charge is 0.504 e. The quantitative estimate of drug-likeness (QED) is 0.339. The van der Waals surface area contributed by atoms with Gasteiger partial charge in [-0.25, -0.2) is 0 Å². The fourth-order valence-electron chi connectivity index (χ4n) is 3.14. The van der Waals surface area contributed by atoms with Crippen LogP contribution in [0.5, 0.6) is 34.5 Å². The second kappa shape index (κ2) is 5.90. The number of ether oxygens (including phenoxy) is 1. The van der Waals surface area contributed by atoms with Crippen molar-refractivity contribution in [1.82, 2.24) is 0 Å². The average Bonchev–Trinajstić information content (AvgIpc) is 2.59. The van der Waals surface area contributed by atoms with Crippen LogP contribution in [0.25, 0.3) is 0 Å². The molecule has 4 rings (SSSR count). The Kier molecular flexibility index (Phi) is 3.79. The van der Waals surface area contributed by atoms with Crippen LogP contribution in [0, 0.1) is 0 Å². The Labute approximate surface area is 158 Å². The van der Waals surface area contributed by atoms with Gasteiger partial charge in [-0.1, -0.05) is 35.3 Å². The molecule has 0 amide bonds. The lowest BCUT2D eigenvalue weighted by atomic mass is 9.82. The topological polar surface area (TPSA) is 90.2 Å². The van der Waals surface area contributed by atoms with E-state index in [2.05, 4.69) is 0 Å². The van der Waals surface area contributed by atoms with Crippen LogP contribution < -0.4 is 4.74 Å². The SMILES string of the molecule is Oc1cc2c(cc1O)C(c1cccc(Cl)c1Cl)c1cc(O)c(O)cc1O2. The van der Waals surface area contributed by atoms with Gasteiger partial charge in [0.1, 0.15) is 11.5 Å². The molecule has 26 heavy (non-hydrogen) atoms. The minimum atomic E-state index is -0.544. The number of halogens is 2. The van der Waals surface area contributed by atoms with E-state index in [0.29, 0.717) is 38.2 Å².